The summed E-state index contributed by atoms with van der Waals surface area (Å²) in [7, 11) is 0. The van der Waals surface area contributed by atoms with E-state index >= 15 is 0 Å². The Balaban J connectivity index is 1.64. The van der Waals surface area contributed by atoms with E-state index in [1.807, 2.05) is 0 Å². The Hall–Kier alpha value is -3.17. The normalized spacial score (nSPS) is 14.0. The van der Waals surface area contributed by atoms with Gasteiger partial charge in [-0.1, -0.05) is 11.6 Å². The molecule has 0 aromatic heterocycles. The molecule has 152 valence electrons. The maximum absolute atomic E-state index is 11.9. The number of rotatable bonds is 7. The lowest BCUT2D eigenvalue weighted by atomic mass is 10.1. The summed E-state index contributed by atoms with van der Waals surface area (Å²) < 4.78 is 10.7. The minimum absolute atomic E-state index is 0.0548. The van der Waals surface area contributed by atoms with Gasteiger partial charge >= 0.3 is 0 Å². The van der Waals surface area contributed by atoms with Crippen molar-refractivity contribution in [3.63, 3.8) is 0 Å². The molecule has 1 heterocycles. The van der Waals surface area contributed by atoms with E-state index in [4.69, 9.17) is 21.1 Å². The molecule has 1 amide bonds. The van der Waals surface area contributed by atoms with Gasteiger partial charge in [-0.2, -0.15) is 5.10 Å². The zero-order valence-electron chi connectivity index (χ0n) is 15.4. The minimum atomic E-state index is -0.473. The molecule has 0 atom stereocenters. The summed E-state index contributed by atoms with van der Waals surface area (Å²) in [6.07, 6.45) is 1.39. The van der Waals surface area contributed by atoms with Gasteiger partial charge in [-0.05, 0) is 30.3 Å². The fraction of sp³-hybridized carbons (Fsp3) is 0.263. The maximum Gasteiger partial charge on any atom is 0.277 e. The van der Waals surface area contributed by atoms with E-state index in [0.29, 0.717) is 42.6 Å². The molecule has 1 aliphatic heterocycles. The van der Waals surface area contributed by atoms with Crippen molar-refractivity contribution in [2.24, 2.45) is 5.10 Å². The molecule has 0 bridgehead atoms. The first-order valence-electron chi connectivity index (χ1n) is 8.84. The zero-order chi connectivity index (χ0) is 20.6. The number of carbonyl (C=O) groups excluding carboxylic acids is 1. The third-order valence-electron chi connectivity index (χ3n) is 4.15. The monoisotopic (exact) mass is 418 g/mol. The number of benzene rings is 2. The van der Waals surface area contributed by atoms with Crippen molar-refractivity contribution >= 4 is 35.1 Å². The van der Waals surface area contributed by atoms with E-state index < -0.39 is 10.8 Å². The van der Waals surface area contributed by atoms with Crippen LogP contribution in [0.25, 0.3) is 0 Å². The van der Waals surface area contributed by atoms with E-state index in [1.165, 1.54) is 18.3 Å². The molecular formula is C19H19ClN4O5. The lowest BCUT2D eigenvalue weighted by Crippen LogP contribution is -2.36. The van der Waals surface area contributed by atoms with E-state index in [1.54, 1.807) is 30.3 Å². The van der Waals surface area contributed by atoms with E-state index in [0.717, 1.165) is 5.69 Å². The summed E-state index contributed by atoms with van der Waals surface area (Å²) in [6.45, 7) is 2.25. The molecule has 0 radical (unpaired) electrons. The van der Waals surface area contributed by atoms with Crippen molar-refractivity contribution < 1.29 is 19.2 Å². The van der Waals surface area contributed by atoms with E-state index in [-0.39, 0.29) is 12.3 Å². The molecular weight excluding hydrogens is 400 g/mol. The number of anilines is 1. The number of nitrogens with zero attached hydrogens (tertiary/aromatic N) is 3. The number of hydrazone groups is 1. The molecule has 1 fully saturated rings. The molecule has 10 heteroatoms. The summed E-state index contributed by atoms with van der Waals surface area (Å²) in [6, 6.07) is 11.2. The summed E-state index contributed by atoms with van der Waals surface area (Å²) >= 11 is 5.79. The Labute approximate surface area is 172 Å². The lowest BCUT2D eigenvalue weighted by Gasteiger charge is -2.29. The third kappa shape index (κ3) is 5.90. The topological polar surface area (TPSA) is 106 Å². The summed E-state index contributed by atoms with van der Waals surface area (Å²) in [5.41, 5.74) is 3.62. The first kappa shape index (κ1) is 20.6. The summed E-state index contributed by atoms with van der Waals surface area (Å²) in [5, 5.41) is 15.6. The number of amides is 1. The minimum Gasteiger partial charge on any atom is -0.484 e. The predicted molar refractivity (Wildman–Crippen MR) is 109 cm³/mol. The Morgan fingerprint density at radius 1 is 1.28 bits per heavy atom. The SMILES string of the molecule is O=C(COc1ccc(Cl)cc1)NN=Cc1cc([N+](=O)[O-])ccc1N1CCOCC1. The number of nitrogens with one attached hydrogen (secondary N) is 1. The number of ether oxygens (including phenoxy) is 2. The van der Waals surface area contributed by atoms with Crippen molar-refractivity contribution in [3.8, 4) is 5.75 Å². The number of non-ortho nitro benzene ring substituents is 1. The van der Waals surface area contributed by atoms with Crippen LogP contribution in [0.3, 0.4) is 0 Å². The van der Waals surface area contributed by atoms with Crippen LogP contribution < -0.4 is 15.1 Å². The number of carbonyl (C=O) groups is 1. The van der Waals surface area contributed by atoms with Crippen LogP contribution in [-0.4, -0.2) is 50.0 Å². The fourth-order valence-electron chi connectivity index (χ4n) is 2.74. The Morgan fingerprint density at radius 2 is 2.00 bits per heavy atom. The highest BCUT2D eigenvalue weighted by Gasteiger charge is 2.17. The quantitative estimate of drug-likeness (QED) is 0.421. The zero-order valence-corrected chi connectivity index (χ0v) is 16.2. The third-order valence-corrected chi connectivity index (χ3v) is 4.40. The van der Waals surface area contributed by atoms with Crippen LogP contribution in [0.4, 0.5) is 11.4 Å². The van der Waals surface area contributed by atoms with E-state index in [2.05, 4.69) is 15.4 Å². The first-order valence-corrected chi connectivity index (χ1v) is 9.22. The van der Waals surface area contributed by atoms with Gasteiger partial charge in [-0.3, -0.25) is 14.9 Å². The van der Waals surface area contributed by atoms with Crippen molar-refractivity contribution in [1.29, 1.82) is 0 Å². The van der Waals surface area contributed by atoms with Crippen LogP contribution in [0.5, 0.6) is 5.75 Å². The van der Waals surface area contributed by atoms with E-state index in [9.17, 15) is 14.9 Å². The Kier molecular flexibility index (Phi) is 6.99. The number of morpholine rings is 1. The van der Waals surface area contributed by atoms with Gasteiger partial charge in [0.15, 0.2) is 6.61 Å². The molecule has 2 aromatic rings. The molecule has 1 aliphatic rings. The summed E-state index contributed by atoms with van der Waals surface area (Å²) in [4.78, 5) is 24.6. The van der Waals surface area contributed by atoms with Crippen molar-refractivity contribution in [2.75, 3.05) is 37.8 Å². The average molecular weight is 419 g/mol. The highest BCUT2D eigenvalue weighted by Crippen LogP contribution is 2.25. The van der Waals surface area contributed by atoms with Crippen LogP contribution in [0.2, 0.25) is 5.02 Å². The summed E-state index contributed by atoms with van der Waals surface area (Å²) in [5.74, 6) is 0.0383. The van der Waals surface area contributed by atoms with Gasteiger partial charge in [-0.25, -0.2) is 5.43 Å². The molecule has 0 spiro atoms. The molecule has 1 N–H and O–H groups in total. The van der Waals surface area contributed by atoms with Crippen LogP contribution >= 0.6 is 11.6 Å². The molecule has 1 saturated heterocycles. The maximum atomic E-state index is 11.9. The molecule has 3 rings (SSSR count). The molecule has 2 aromatic carbocycles. The average Bonchev–Trinajstić information content (AvgIpc) is 2.74. The van der Waals surface area contributed by atoms with Gasteiger partial charge in [0.1, 0.15) is 5.75 Å². The van der Waals surface area contributed by atoms with Crippen molar-refractivity contribution in [1.82, 2.24) is 5.43 Å². The van der Waals surface area contributed by atoms with Crippen LogP contribution in [0.1, 0.15) is 5.56 Å². The Morgan fingerprint density at radius 3 is 2.69 bits per heavy atom. The molecule has 0 saturated carbocycles. The fourth-order valence-corrected chi connectivity index (χ4v) is 2.86. The van der Waals surface area contributed by atoms with Crippen LogP contribution in [0, 0.1) is 10.1 Å². The predicted octanol–water partition coefficient (Wildman–Crippen LogP) is 2.61. The van der Waals surface area contributed by atoms with Gasteiger partial charge < -0.3 is 14.4 Å². The van der Waals surface area contributed by atoms with Gasteiger partial charge in [-0.15, -0.1) is 0 Å². The highest BCUT2D eigenvalue weighted by atomic mass is 35.5. The molecule has 0 aliphatic carbocycles. The molecule has 0 unspecified atom stereocenters. The van der Waals surface area contributed by atoms with Crippen molar-refractivity contribution in [2.45, 2.75) is 0 Å². The smallest absolute Gasteiger partial charge is 0.277 e. The van der Waals surface area contributed by atoms with Crippen molar-refractivity contribution in [3.05, 3.63) is 63.2 Å². The van der Waals surface area contributed by atoms with Crippen LogP contribution in [0.15, 0.2) is 47.6 Å². The van der Waals surface area contributed by atoms with Gasteiger partial charge in [0, 0.05) is 41.5 Å². The molecule has 29 heavy (non-hydrogen) atoms. The second-order valence-corrected chi connectivity index (χ2v) is 6.57. The number of halogens is 1. The second kappa shape index (κ2) is 9.85. The standard InChI is InChI=1S/C19H19ClN4O5/c20-15-1-4-17(5-2-15)29-13-19(25)22-21-12-14-11-16(24(26)27)3-6-18(14)23-7-9-28-10-8-23/h1-6,11-12H,7-10,13H2,(H,22,25). The van der Waals surface area contributed by atoms with Crippen LogP contribution in [-0.2, 0) is 9.53 Å². The number of nitro groups is 1. The number of hydrogen-bond acceptors (Lipinski definition) is 7. The van der Waals surface area contributed by atoms with Gasteiger partial charge in [0.05, 0.1) is 24.4 Å². The highest BCUT2D eigenvalue weighted by molar-refractivity contribution is 6.30. The lowest BCUT2D eigenvalue weighted by molar-refractivity contribution is -0.384. The Bertz CT molecular complexity index is 898. The molecule has 9 nitrogen and oxygen atoms in total. The number of nitro benzene ring substituents is 1. The van der Waals surface area contributed by atoms with Gasteiger partial charge in [0.25, 0.3) is 11.6 Å². The number of hydrogen-bond donors (Lipinski definition) is 1. The second-order valence-electron chi connectivity index (χ2n) is 6.14. The van der Waals surface area contributed by atoms with Gasteiger partial charge in [0.2, 0.25) is 0 Å². The largest absolute Gasteiger partial charge is 0.484 e. The first-order chi connectivity index (χ1) is 14.0.